The summed E-state index contributed by atoms with van der Waals surface area (Å²) >= 11 is -3.39. The van der Waals surface area contributed by atoms with Gasteiger partial charge in [0.05, 0.1) is 0 Å². The van der Waals surface area contributed by atoms with Gasteiger partial charge in [0.15, 0.2) is 0 Å². The van der Waals surface area contributed by atoms with E-state index >= 15 is 0 Å². The average Bonchev–Trinajstić information content (AvgIpc) is 2.94. The molecule has 0 bridgehead atoms. The molecular formula is C32H44O2Sn. The molecule has 3 fully saturated rings. The van der Waals surface area contributed by atoms with Crippen molar-refractivity contribution in [3.8, 4) is 0 Å². The van der Waals surface area contributed by atoms with E-state index in [4.69, 9.17) is 3.07 Å². The molecule has 3 aliphatic carbocycles. The molecule has 3 heteroatoms. The molecule has 2 aromatic rings. The Bertz CT molecular complexity index is 824. The molecule has 0 N–H and O–H groups in total. The van der Waals surface area contributed by atoms with Crippen LogP contribution in [0.3, 0.4) is 0 Å². The van der Waals surface area contributed by atoms with Crippen LogP contribution in [0, 0.1) is 0 Å². The van der Waals surface area contributed by atoms with Gasteiger partial charge in [0.25, 0.3) is 0 Å². The van der Waals surface area contributed by atoms with Crippen LogP contribution in [0.15, 0.2) is 60.7 Å². The van der Waals surface area contributed by atoms with Crippen LogP contribution in [0.5, 0.6) is 0 Å². The molecule has 5 rings (SSSR count). The van der Waals surface area contributed by atoms with Gasteiger partial charge in [0, 0.05) is 0 Å². The first-order valence-corrected chi connectivity index (χ1v) is 20.7. The molecule has 2 nitrogen and oxygen atoms in total. The molecule has 3 saturated carbocycles. The minimum atomic E-state index is -3.39. The van der Waals surface area contributed by atoms with E-state index in [0.29, 0.717) is 0 Å². The van der Waals surface area contributed by atoms with E-state index in [1.54, 1.807) is 0 Å². The van der Waals surface area contributed by atoms with Gasteiger partial charge in [0.2, 0.25) is 0 Å². The van der Waals surface area contributed by atoms with Gasteiger partial charge in [-0.25, -0.2) is 0 Å². The van der Waals surface area contributed by atoms with Gasteiger partial charge in [-0.3, -0.25) is 0 Å². The summed E-state index contributed by atoms with van der Waals surface area (Å²) in [4.78, 5) is 14.5. The van der Waals surface area contributed by atoms with E-state index in [1.165, 1.54) is 96.3 Å². The van der Waals surface area contributed by atoms with Crippen LogP contribution in [-0.4, -0.2) is 24.8 Å². The topological polar surface area (TPSA) is 26.3 Å². The Hall–Kier alpha value is -1.29. The Morgan fingerprint density at radius 1 is 0.571 bits per heavy atom. The molecular weight excluding hydrogens is 535 g/mol. The summed E-state index contributed by atoms with van der Waals surface area (Å²) in [5.41, 5.74) is 2.17. The van der Waals surface area contributed by atoms with Gasteiger partial charge in [-0.1, -0.05) is 0 Å². The summed E-state index contributed by atoms with van der Waals surface area (Å²) < 4.78 is 9.61. The monoisotopic (exact) mass is 580 g/mol. The molecule has 0 heterocycles. The molecule has 0 amide bonds. The van der Waals surface area contributed by atoms with Crippen molar-refractivity contribution in [1.29, 1.82) is 0 Å². The molecule has 0 saturated heterocycles. The van der Waals surface area contributed by atoms with Crippen molar-refractivity contribution in [2.45, 2.75) is 114 Å². The fourth-order valence-electron chi connectivity index (χ4n) is 7.90. The molecule has 3 aliphatic rings. The van der Waals surface area contributed by atoms with Gasteiger partial charge in [-0.05, 0) is 0 Å². The summed E-state index contributed by atoms with van der Waals surface area (Å²) in [6, 6.07) is 20.9. The molecule has 0 spiro atoms. The fraction of sp³-hybridized carbons (Fsp3) is 0.594. The third-order valence-corrected chi connectivity index (χ3v) is 27.0. The predicted octanol–water partition coefficient (Wildman–Crippen LogP) is 9.31. The van der Waals surface area contributed by atoms with E-state index in [0.717, 1.165) is 22.9 Å². The molecule has 0 aromatic heterocycles. The van der Waals surface area contributed by atoms with Crippen molar-refractivity contribution < 1.29 is 7.87 Å². The number of benzene rings is 2. The number of hydrogen-bond donors (Lipinski definition) is 0. The van der Waals surface area contributed by atoms with Crippen LogP contribution in [0.4, 0.5) is 0 Å². The second-order valence-corrected chi connectivity index (χ2v) is 24.0. The van der Waals surface area contributed by atoms with Crippen molar-refractivity contribution in [1.82, 2.24) is 0 Å². The first kappa shape index (κ1) is 25.4. The van der Waals surface area contributed by atoms with Gasteiger partial charge in [0.1, 0.15) is 0 Å². The minimum absolute atomic E-state index is 0.0833. The predicted molar refractivity (Wildman–Crippen MR) is 147 cm³/mol. The zero-order valence-electron chi connectivity index (χ0n) is 21.5. The van der Waals surface area contributed by atoms with Crippen LogP contribution in [-0.2, 0) is 7.87 Å². The summed E-state index contributed by atoms with van der Waals surface area (Å²) in [5, 5.41) is 0. The number of rotatable bonds is 7. The maximum atomic E-state index is 14.5. The van der Waals surface area contributed by atoms with Crippen LogP contribution < -0.4 is 0 Å². The third-order valence-electron chi connectivity index (χ3n) is 9.51. The molecule has 0 unspecified atom stereocenters. The summed E-state index contributed by atoms with van der Waals surface area (Å²) in [6.07, 6.45) is 20.2. The van der Waals surface area contributed by atoms with Gasteiger partial charge in [-0.2, -0.15) is 0 Å². The van der Waals surface area contributed by atoms with E-state index < -0.39 is 18.8 Å². The Morgan fingerprint density at radius 2 is 0.914 bits per heavy atom. The molecule has 0 aliphatic heterocycles. The number of hydrogen-bond acceptors (Lipinski definition) is 2. The first-order chi connectivity index (χ1) is 17.3. The van der Waals surface area contributed by atoms with Crippen LogP contribution >= 0.6 is 0 Å². The second kappa shape index (κ2) is 12.3. The zero-order valence-corrected chi connectivity index (χ0v) is 24.4. The van der Waals surface area contributed by atoms with E-state index in [1.807, 2.05) is 12.1 Å². The van der Waals surface area contributed by atoms with E-state index in [9.17, 15) is 4.79 Å². The molecule has 188 valence electrons. The number of carbonyl (C=O) groups excluding carboxylic acids is 1. The Labute approximate surface area is 217 Å². The molecule has 0 radical (unpaired) electrons. The summed E-state index contributed by atoms with van der Waals surface area (Å²) in [7, 11) is 0. The third kappa shape index (κ3) is 5.68. The molecule has 2 aromatic carbocycles. The van der Waals surface area contributed by atoms with Crippen LogP contribution in [0.2, 0.25) is 11.8 Å². The van der Waals surface area contributed by atoms with Crippen LogP contribution in [0.1, 0.15) is 113 Å². The Kier molecular flexibility index (Phi) is 8.91. The van der Waals surface area contributed by atoms with Crippen molar-refractivity contribution >= 4 is 24.8 Å². The Morgan fingerprint density at radius 3 is 1.26 bits per heavy atom. The van der Waals surface area contributed by atoms with E-state index in [-0.39, 0.29) is 11.9 Å². The van der Waals surface area contributed by atoms with Crippen molar-refractivity contribution in [2.75, 3.05) is 0 Å². The zero-order chi connectivity index (χ0) is 23.9. The summed E-state index contributed by atoms with van der Waals surface area (Å²) in [6.45, 7) is 0. The second-order valence-electron chi connectivity index (χ2n) is 11.5. The van der Waals surface area contributed by atoms with Gasteiger partial charge >= 0.3 is 218 Å². The SMILES string of the molecule is O=C([O][Sn]([CH]1CCCCC1)([CH]1CCCCC1)[CH]1CCCCC1)C(c1ccccc1)c1ccccc1. The van der Waals surface area contributed by atoms with Crippen LogP contribution in [0.25, 0.3) is 0 Å². The molecule has 0 atom stereocenters. The van der Waals surface area contributed by atoms with Gasteiger partial charge in [-0.15, -0.1) is 0 Å². The van der Waals surface area contributed by atoms with Crippen molar-refractivity contribution in [3.05, 3.63) is 71.8 Å². The van der Waals surface area contributed by atoms with E-state index in [2.05, 4.69) is 48.5 Å². The first-order valence-electron chi connectivity index (χ1n) is 14.6. The molecule has 35 heavy (non-hydrogen) atoms. The number of carbonyl (C=O) groups is 1. The van der Waals surface area contributed by atoms with Crippen molar-refractivity contribution in [3.63, 3.8) is 0 Å². The normalized spacial score (nSPS) is 21.2. The van der Waals surface area contributed by atoms with Gasteiger partial charge < -0.3 is 0 Å². The maximum absolute atomic E-state index is 14.5. The Balaban J connectivity index is 1.56. The standard InChI is InChI=1S/C14H12O2.3C6H11.Sn/c15-14(16)13(11-7-3-1-4-8-11)12-9-5-2-6-10-12;3*1-2-4-6-5-3-1;/h1-10,13H,(H,15,16);3*1H,2-6H2;/q;;;;+1/p-1. The summed E-state index contributed by atoms with van der Waals surface area (Å²) in [5.74, 6) is -0.218. The fourth-order valence-corrected chi connectivity index (χ4v) is 27.6. The quantitative estimate of drug-likeness (QED) is 0.306. The van der Waals surface area contributed by atoms with Crippen molar-refractivity contribution in [2.24, 2.45) is 0 Å². The average molecular weight is 579 g/mol.